The van der Waals surface area contributed by atoms with Gasteiger partial charge in [0.25, 0.3) is 0 Å². The number of likely N-dealkylation sites (N-methyl/N-ethyl adjacent to an activating group) is 1. The van der Waals surface area contributed by atoms with E-state index in [1.165, 1.54) is 6.42 Å². The number of halogens is 3. The topological polar surface area (TPSA) is 15.3 Å². The van der Waals surface area contributed by atoms with Crippen LogP contribution in [0, 0.1) is 0 Å². The number of rotatable bonds is 5. The van der Waals surface area contributed by atoms with Crippen molar-refractivity contribution in [2.45, 2.75) is 44.3 Å². The van der Waals surface area contributed by atoms with Crippen molar-refractivity contribution in [1.29, 1.82) is 0 Å². The Morgan fingerprint density at radius 3 is 2.69 bits per heavy atom. The van der Waals surface area contributed by atoms with Crippen LogP contribution in [0.2, 0.25) is 0 Å². The van der Waals surface area contributed by atoms with Crippen LogP contribution in [0.4, 0.5) is 13.2 Å². The van der Waals surface area contributed by atoms with Crippen molar-refractivity contribution in [3.63, 3.8) is 0 Å². The van der Waals surface area contributed by atoms with Crippen molar-refractivity contribution < 1.29 is 13.2 Å². The first-order chi connectivity index (χ1) is 7.51. The first-order valence-corrected chi connectivity index (χ1v) is 5.97. The van der Waals surface area contributed by atoms with Gasteiger partial charge >= 0.3 is 6.18 Å². The largest absolute Gasteiger partial charge is 0.389 e. The molecule has 0 saturated carbocycles. The monoisotopic (exact) mass is 238 g/mol. The molecule has 1 rings (SSSR count). The molecule has 0 aliphatic carbocycles. The summed E-state index contributed by atoms with van der Waals surface area (Å²) in [7, 11) is 1.94. The predicted molar refractivity (Wildman–Crippen MR) is 58.4 cm³/mol. The Morgan fingerprint density at radius 1 is 1.31 bits per heavy atom. The third kappa shape index (κ3) is 5.70. The van der Waals surface area contributed by atoms with E-state index in [1.54, 1.807) is 0 Å². The van der Waals surface area contributed by atoms with Gasteiger partial charge in [-0.1, -0.05) is 0 Å². The van der Waals surface area contributed by atoms with Crippen molar-refractivity contribution in [2.75, 3.05) is 26.7 Å². The summed E-state index contributed by atoms with van der Waals surface area (Å²) >= 11 is 0. The lowest BCUT2D eigenvalue weighted by atomic mass is 10.1. The van der Waals surface area contributed by atoms with Gasteiger partial charge in [0.2, 0.25) is 0 Å². The van der Waals surface area contributed by atoms with Gasteiger partial charge in [0.1, 0.15) is 0 Å². The zero-order valence-electron chi connectivity index (χ0n) is 9.82. The van der Waals surface area contributed by atoms with E-state index in [2.05, 4.69) is 10.2 Å². The second-order valence-corrected chi connectivity index (χ2v) is 4.50. The SMILES string of the molecule is CNC1CCCN(CCCCC(F)(F)F)C1. The summed E-state index contributed by atoms with van der Waals surface area (Å²) < 4.78 is 35.7. The highest BCUT2D eigenvalue weighted by atomic mass is 19.4. The van der Waals surface area contributed by atoms with E-state index in [1.807, 2.05) is 7.05 Å². The van der Waals surface area contributed by atoms with Gasteiger partial charge in [-0.05, 0) is 45.8 Å². The van der Waals surface area contributed by atoms with Crippen molar-refractivity contribution in [2.24, 2.45) is 0 Å². The van der Waals surface area contributed by atoms with Crippen LogP contribution in [0.1, 0.15) is 32.1 Å². The molecule has 1 unspecified atom stereocenters. The maximum Gasteiger partial charge on any atom is 0.389 e. The molecule has 0 aromatic carbocycles. The van der Waals surface area contributed by atoms with Gasteiger partial charge in [0.15, 0.2) is 0 Å². The molecule has 1 heterocycles. The number of nitrogens with zero attached hydrogens (tertiary/aromatic N) is 1. The molecule has 0 spiro atoms. The van der Waals surface area contributed by atoms with Crippen LogP contribution in [-0.4, -0.2) is 43.8 Å². The molecule has 1 saturated heterocycles. The number of alkyl halides is 3. The number of unbranched alkanes of at least 4 members (excludes halogenated alkanes) is 1. The Bertz CT molecular complexity index is 194. The third-order valence-corrected chi connectivity index (χ3v) is 3.10. The molecule has 0 amide bonds. The van der Waals surface area contributed by atoms with E-state index in [0.717, 1.165) is 26.1 Å². The van der Waals surface area contributed by atoms with Gasteiger partial charge in [0, 0.05) is 19.0 Å². The fourth-order valence-corrected chi connectivity index (χ4v) is 2.16. The quantitative estimate of drug-likeness (QED) is 0.740. The molecular formula is C11H21F3N2. The first kappa shape index (κ1) is 13.8. The molecule has 1 N–H and O–H groups in total. The van der Waals surface area contributed by atoms with Crippen LogP contribution in [-0.2, 0) is 0 Å². The van der Waals surface area contributed by atoms with E-state index in [-0.39, 0.29) is 6.42 Å². The summed E-state index contributed by atoms with van der Waals surface area (Å²) in [6.07, 6.45) is -1.41. The minimum atomic E-state index is -3.99. The average molecular weight is 238 g/mol. The molecule has 1 aliphatic rings. The normalized spacial score (nSPS) is 23.6. The highest BCUT2D eigenvalue weighted by Gasteiger charge is 2.26. The molecule has 16 heavy (non-hydrogen) atoms. The molecule has 96 valence electrons. The first-order valence-electron chi connectivity index (χ1n) is 5.97. The fourth-order valence-electron chi connectivity index (χ4n) is 2.16. The fraction of sp³-hybridized carbons (Fsp3) is 1.00. The third-order valence-electron chi connectivity index (χ3n) is 3.10. The van der Waals surface area contributed by atoms with Crippen molar-refractivity contribution in [3.05, 3.63) is 0 Å². The Hall–Kier alpha value is -0.290. The molecule has 5 heteroatoms. The summed E-state index contributed by atoms with van der Waals surface area (Å²) in [4.78, 5) is 2.26. The summed E-state index contributed by atoms with van der Waals surface area (Å²) in [6.45, 7) is 2.81. The number of likely N-dealkylation sites (tertiary alicyclic amines) is 1. The molecule has 1 fully saturated rings. The van der Waals surface area contributed by atoms with Gasteiger partial charge in [-0.15, -0.1) is 0 Å². The molecule has 0 aromatic heterocycles. The van der Waals surface area contributed by atoms with Crippen LogP contribution < -0.4 is 5.32 Å². The lowest BCUT2D eigenvalue weighted by molar-refractivity contribution is -0.135. The van der Waals surface area contributed by atoms with Gasteiger partial charge in [-0.3, -0.25) is 0 Å². The lowest BCUT2D eigenvalue weighted by Gasteiger charge is -2.32. The van der Waals surface area contributed by atoms with Crippen molar-refractivity contribution >= 4 is 0 Å². The molecule has 2 nitrogen and oxygen atoms in total. The van der Waals surface area contributed by atoms with Crippen molar-refractivity contribution in [1.82, 2.24) is 10.2 Å². The van der Waals surface area contributed by atoms with E-state index in [9.17, 15) is 13.2 Å². The van der Waals surface area contributed by atoms with Gasteiger partial charge in [0.05, 0.1) is 0 Å². The zero-order chi connectivity index (χ0) is 12.0. The maximum absolute atomic E-state index is 11.9. The Kier molecular flexibility index (Phi) is 5.55. The van der Waals surface area contributed by atoms with E-state index < -0.39 is 12.6 Å². The number of nitrogens with one attached hydrogen (secondary N) is 1. The van der Waals surface area contributed by atoms with Crippen LogP contribution in [0.3, 0.4) is 0 Å². The molecule has 0 aromatic rings. The summed E-state index contributed by atoms with van der Waals surface area (Å²) in [6, 6.07) is 0.511. The van der Waals surface area contributed by atoms with Crippen LogP contribution in [0.5, 0.6) is 0 Å². The molecule has 0 radical (unpaired) electrons. The van der Waals surface area contributed by atoms with Crippen molar-refractivity contribution in [3.8, 4) is 0 Å². The molecule has 1 atom stereocenters. The predicted octanol–water partition coefficient (Wildman–Crippen LogP) is 2.40. The highest BCUT2D eigenvalue weighted by Crippen LogP contribution is 2.22. The molecule has 1 aliphatic heterocycles. The minimum Gasteiger partial charge on any atom is -0.316 e. The second-order valence-electron chi connectivity index (χ2n) is 4.50. The van der Waals surface area contributed by atoms with Gasteiger partial charge in [-0.2, -0.15) is 13.2 Å². The number of piperidine rings is 1. The molecular weight excluding hydrogens is 217 g/mol. The summed E-state index contributed by atoms with van der Waals surface area (Å²) in [5.41, 5.74) is 0. The summed E-state index contributed by atoms with van der Waals surface area (Å²) in [5.74, 6) is 0. The zero-order valence-corrected chi connectivity index (χ0v) is 9.82. The lowest BCUT2D eigenvalue weighted by Crippen LogP contribution is -2.44. The smallest absolute Gasteiger partial charge is 0.316 e. The van der Waals surface area contributed by atoms with E-state index >= 15 is 0 Å². The van der Waals surface area contributed by atoms with Crippen LogP contribution in [0.15, 0.2) is 0 Å². The van der Waals surface area contributed by atoms with E-state index in [4.69, 9.17) is 0 Å². The standard InChI is InChI=1S/C11H21F3N2/c1-15-10-5-4-8-16(9-10)7-3-2-6-11(12,13)14/h10,15H,2-9H2,1H3. The maximum atomic E-state index is 11.9. The summed E-state index contributed by atoms with van der Waals surface area (Å²) in [5, 5.41) is 3.23. The Balaban J connectivity index is 2.08. The number of hydrogen-bond acceptors (Lipinski definition) is 2. The van der Waals surface area contributed by atoms with Crippen LogP contribution >= 0.6 is 0 Å². The molecule has 0 bridgehead atoms. The van der Waals surface area contributed by atoms with E-state index in [0.29, 0.717) is 12.5 Å². The minimum absolute atomic E-state index is 0.254. The second kappa shape index (κ2) is 6.45. The Labute approximate surface area is 95.2 Å². The van der Waals surface area contributed by atoms with Gasteiger partial charge in [-0.25, -0.2) is 0 Å². The van der Waals surface area contributed by atoms with Gasteiger partial charge < -0.3 is 10.2 Å². The number of hydrogen-bond donors (Lipinski definition) is 1. The Morgan fingerprint density at radius 2 is 2.06 bits per heavy atom. The van der Waals surface area contributed by atoms with Crippen LogP contribution in [0.25, 0.3) is 0 Å². The highest BCUT2D eigenvalue weighted by molar-refractivity contribution is 4.76. The average Bonchev–Trinajstić information content (AvgIpc) is 2.23.